The van der Waals surface area contributed by atoms with Gasteiger partial charge in [0.25, 0.3) is 5.91 Å². The topological polar surface area (TPSA) is 73.3 Å². The molecule has 0 bridgehead atoms. The van der Waals surface area contributed by atoms with E-state index in [-0.39, 0.29) is 17.0 Å². The fourth-order valence-electron chi connectivity index (χ4n) is 1.82. The van der Waals surface area contributed by atoms with Crippen LogP contribution in [-0.2, 0) is 0 Å². The molecule has 3 rings (SSSR count). The lowest BCUT2D eigenvalue weighted by Gasteiger charge is -2.20. The second-order valence-electron chi connectivity index (χ2n) is 3.99. The lowest BCUT2D eigenvalue weighted by Crippen LogP contribution is -2.20. The molecule has 1 N–H and O–H groups in total. The number of fused-ring (bicyclic) bond motifs is 1. The molecule has 1 amide bonds. The Morgan fingerprint density at radius 3 is 2.95 bits per heavy atom. The molecule has 0 atom stereocenters. The Kier molecular flexibility index (Phi) is 3.39. The average molecular weight is 292 g/mol. The van der Waals surface area contributed by atoms with Crippen molar-refractivity contribution in [2.45, 2.75) is 0 Å². The highest BCUT2D eigenvalue weighted by atomic mass is 35.5. The highest BCUT2D eigenvalue weighted by molar-refractivity contribution is 6.29. The summed E-state index contributed by atoms with van der Waals surface area (Å²) in [7, 11) is 0. The highest BCUT2D eigenvalue weighted by Gasteiger charge is 2.20. The number of carbonyl (C=O) groups excluding carboxylic acids is 1. The van der Waals surface area contributed by atoms with Gasteiger partial charge in [-0.05, 0) is 18.2 Å². The summed E-state index contributed by atoms with van der Waals surface area (Å²) in [5.74, 6) is 0.737. The van der Waals surface area contributed by atoms with E-state index in [2.05, 4.69) is 15.3 Å². The molecule has 2 aromatic rings. The Bertz CT molecular complexity index is 663. The molecule has 0 saturated heterocycles. The molecule has 1 aliphatic rings. The van der Waals surface area contributed by atoms with Gasteiger partial charge in [-0.2, -0.15) is 0 Å². The molecule has 20 heavy (non-hydrogen) atoms. The molecular weight excluding hydrogens is 282 g/mol. The molecule has 7 heteroatoms. The Morgan fingerprint density at radius 1 is 1.25 bits per heavy atom. The van der Waals surface area contributed by atoms with E-state index in [0.717, 1.165) is 0 Å². The van der Waals surface area contributed by atoms with Crippen LogP contribution in [0.5, 0.6) is 11.5 Å². The molecule has 1 aliphatic heterocycles. The summed E-state index contributed by atoms with van der Waals surface area (Å²) in [6.07, 6.45) is 1.46. The van der Waals surface area contributed by atoms with E-state index in [1.807, 2.05) is 0 Å². The maximum Gasteiger partial charge on any atom is 0.261 e. The first-order valence-corrected chi connectivity index (χ1v) is 6.30. The Morgan fingerprint density at radius 2 is 2.10 bits per heavy atom. The van der Waals surface area contributed by atoms with Crippen molar-refractivity contribution < 1.29 is 14.3 Å². The zero-order chi connectivity index (χ0) is 13.9. The second-order valence-corrected chi connectivity index (χ2v) is 4.37. The minimum atomic E-state index is -0.380. The summed E-state index contributed by atoms with van der Waals surface area (Å²) in [6, 6.07) is 6.65. The minimum absolute atomic E-state index is 0.136. The molecule has 0 fully saturated rings. The lowest BCUT2D eigenvalue weighted by atomic mass is 10.1. The summed E-state index contributed by atoms with van der Waals surface area (Å²) in [5, 5.41) is 2.82. The number of carbonyl (C=O) groups is 1. The molecule has 1 aromatic carbocycles. The summed E-state index contributed by atoms with van der Waals surface area (Å²) in [4.78, 5) is 20.0. The number of aromatic nitrogens is 2. The first-order chi connectivity index (χ1) is 9.74. The third-order valence-electron chi connectivity index (χ3n) is 2.66. The quantitative estimate of drug-likeness (QED) is 0.858. The molecule has 102 valence electrons. The monoisotopic (exact) mass is 291 g/mol. The number of para-hydroxylation sites is 1. The van der Waals surface area contributed by atoms with Gasteiger partial charge >= 0.3 is 0 Å². The van der Waals surface area contributed by atoms with E-state index in [1.54, 1.807) is 18.2 Å². The molecule has 2 heterocycles. The number of rotatable bonds is 2. The van der Waals surface area contributed by atoms with Crippen molar-refractivity contribution in [2.75, 3.05) is 18.5 Å². The minimum Gasteiger partial charge on any atom is -0.486 e. The number of hydrogen-bond acceptors (Lipinski definition) is 5. The Balaban J connectivity index is 1.88. The van der Waals surface area contributed by atoms with Crippen LogP contribution in [0.2, 0.25) is 5.15 Å². The zero-order valence-corrected chi connectivity index (χ0v) is 11.1. The predicted octanol–water partition coefficient (Wildman–Crippen LogP) is 2.15. The van der Waals surface area contributed by atoms with Crippen molar-refractivity contribution in [3.8, 4) is 11.5 Å². The van der Waals surface area contributed by atoms with Gasteiger partial charge in [0, 0.05) is 6.20 Å². The lowest BCUT2D eigenvalue weighted by molar-refractivity contribution is 0.101. The van der Waals surface area contributed by atoms with Crippen LogP contribution in [0.15, 0.2) is 30.5 Å². The van der Waals surface area contributed by atoms with Crippen molar-refractivity contribution in [1.82, 2.24) is 9.97 Å². The number of benzene rings is 1. The van der Waals surface area contributed by atoms with Crippen molar-refractivity contribution in [1.29, 1.82) is 0 Å². The molecule has 6 nitrogen and oxygen atoms in total. The fraction of sp³-hybridized carbons (Fsp3) is 0.154. The van der Waals surface area contributed by atoms with Gasteiger partial charge in [-0.25, -0.2) is 9.97 Å². The van der Waals surface area contributed by atoms with E-state index in [1.165, 1.54) is 12.3 Å². The number of anilines is 1. The Labute approximate surface area is 119 Å². The van der Waals surface area contributed by atoms with E-state index in [9.17, 15) is 4.79 Å². The summed E-state index contributed by atoms with van der Waals surface area (Å²) >= 11 is 5.74. The third kappa shape index (κ3) is 2.50. The van der Waals surface area contributed by atoms with Gasteiger partial charge in [-0.15, -0.1) is 0 Å². The molecule has 0 saturated carbocycles. The van der Waals surface area contributed by atoms with Crippen LogP contribution >= 0.6 is 11.6 Å². The van der Waals surface area contributed by atoms with Gasteiger partial charge in [0.15, 0.2) is 11.5 Å². The normalized spacial score (nSPS) is 12.8. The second kappa shape index (κ2) is 5.34. The van der Waals surface area contributed by atoms with Crippen molar-refractivity contribution in [2.24, 2.45) is 0 Å². The zero-order valence-electron chi connectivity index (χ0n) is 10.3. The van der Waals surface area contributed by atoms with Gasteiger partial charge in [-0.3, -0.25) is 10.1 Å². The summed E-state index contributed by atoms with van der Waals surface area (Å²) in [5.41, 5.74) is 0.366. The molecular formula is C13H10ClN3O3. The number of nitrogens with one attached hydrogen (secondary N) is 1. The average Bonchev–Trinajstić information content (AvgIpc) is 2.46. The molecule has 0 aliphatic carbocycles. The van der Waals surface area contributed by atoms with Gasteiger partial charge in [-0.1, -0.05) is 17.7 Å². The summed E-state index contributed by atoms with van der Waals surface area (Å²) in [6.45, 7) is 0.875. The van der Waals surface area contributed by atoms with E-state index < -0.39 is 0 Å². The molecule has 1 aromatic heterocycles. The maximum absolute atomic E-state index is 12.2. The number of halogens is 1. The first-order valence-electron chi connectivity index (χ1n) is 5.92. The van der Waals surface area contributed by atoms with E-state index in [4.69, 9.17) is 21.1 Å². The molecule has 0 radical (unpaired) electrons. The van der Waals surface area contributed by atoms with Crippen LogP contribution < -0.4 is 14.8 Å². The van der Waals surface area contributed by atoms with Crippen LogP contribution in [0.3, 0.4) is 0 Å². The van der Waals surface area contributed by atoms with Gasteiger partial charge in [0.2, 0.25) is 5.95 Å². The molecule has 0 spiro atoms. The Hall–Kier alpha value is -2.34. The standard InChI is InChI=1S/C13H10ClN3O3/c14-10-4-5-15-13(16-10)17-12(18)8-2-1-3-9-11(8)20-7-6-19-9/h1-5H,6-7H2,(H,15,16,17,18). The summed E-state index contributed by atoms with van der Waals surface area (Å²) < 4.78 is 10.9. The van der Waals surface area contributed by atoms with Crippen molar-refractivity contribution >= 4 is 23.5 Å². The number of ether oxygens (including phenoxy) is 2. The van der Waals surface area contributed by atoms with Crippen LogP contribution in [-0.4, -0.2) is 29.1 Å². The largest absolute Gasteiger partial charge is 0.486 e. The smallest absolute Gasteiger partial charge is 0.261 e. The van der Waals surface area contributed by atoms with E-state index in [0.29, 0.717) is 30.3 Å². The fourth-order valence-corrected chi connectivity index (χ4v) is 1.95. The maximum atomic E-state index is 12.2. The predicted molar refractivity (Wildman–Crippen MR) is 72.4 cm³/mol. The van der Waals surface area contributed by atoms with Gasteiger partial charge in [0.05, 0.1) is 5.56 Å². The van der Waals surface area contributed by atoms with Crippen LogP contribution in [0.4, 0.5) is 5.95 Å². The van der Waals surface area contributed by atoms with Gasteiger partial charge in [0.1, 0.15) is 18.4 Å². The van der Waals surface area contributed by atoms with Crippen molar-refractivity contribution in [3.63, 3.8) is 0 Å². The van der Waals surface area contributed by atoms with Crippen LogP contribution in [0.25, 0.3) is 0 Å². The first kappa shape index (κ1) is 12.7. The highest BCUT2D eigenvalue weighted by Crippen LogP contribution is 2.33. The number of amides is 1. The number of nitrogens with zero attached hydrogens (tertiary/aromatic N) is 2. The van der Waals surface area contributed by atoms with Crippen LogP contribution in [0.1, 0.15) is 10.4 Å². The number of hydrogen-bond donors (Lipinski definition) is 1. The van der Waals surface area contributed by atoms with E-state index >= 15 is 0 Å². The van der Waals surface area contributed by atoms with Gasteiger partial charge < -0.3 is 9.47 Å². The SMILES string of the molecule is O=C(Nc1nccc(Cl)n1)c1cccc2c1OCCO2. The van der Waals surface area contributed by atoms with Crippen molar-refractivity contribution in [3.05, 3.63) is 41.2 Å². The van der Waals surface area contributed by atoms with Crippen LogP contribution in [0, 0.1) is 0 Å². The third-order valence-corrected chi connectivity index (χ3v) is 2.87. The molecule has 0 unspecified atom stereocenters.